The molecule has 3 aromatic heterocycles. The maximum atomic E-state index is 5.17. The molecule has 0 aliphatic heterocycles. The number of thiophene rings is 1. The van der Waals surface area contributed by atoms with E-state index in [-0.39, 0.29) is 0 Å². The van der Waals surface area contributed by atoms with Gasteiger partial charge in [0.1, 0.15) is 0 Å². The predicted octanol–water partition coefficient (Wildman–Crippen LogP) is 13.9. The van der Waals surface area contributed by atoms with Gasteiger partial charge in [0, 0.05) is 53.6 Å². The molecule has 276 valence electrons. The minimum atomic E-state index is 0.618. The van der Waals surface area contributed by atoms with E-state index in [4.69, 9.17) is 24.9 Å². The summed E-state index contributed by atoms with van der Waals surface area (Å²) in [6, 6.07) is 69.3. The lowest BCUT2D eigenvalue weighted by Gasteiger charge is -2.12. The molecule has 11 rings (SSSR count). The van der Waals surface area contributed by atoms with Crippen LogP contribution in [0.1, 0.15) is 0 Å². The Morgan fingerprint density at radius 2 is 0.729 bits per heavy atom. The van der Waals surface area contributed by atoms with E-state index in [9.17, 15) is 0 Å². The summed E-state index contributed by atoms with van der Waals surface area (Å²) in [5.41, 5.74) is 9.65. The SMILES string of the molecule is c1ccc(-c2nc(-c3cccc(-c4cccc(-c5nc(-c6ccccc6)nc(-c6ccccc6)n5)c4)c3)cc(-c3ccc4c(c3)sc3c5ccccc5ccc43)n2)cc1. The monoisotopic (exact) mass is 771 g/mol. The Bertz CT molecular complexity index is 3270. The van der Waals surface area contributed by atoms with Crippen molar-refractivity contribution in [2.24, 2.45) is 0 Å². The third-order valence-corrected chi connectivity index (χ3v) is 11.9. The number of nitrogens with zero attached hydrogens (tertiary/aromatic N) is 5. The largest absolute Gasteiger partial charge is 0.228 e. The zero-order valence-electron chi connectivity index (χ0n) is 31.7. The van der Waals surface area contributed by atoms with Crippen molar-refractivity contribution in [2.45, 2.75) is 0 Å². The predicted molar refractivity (Wildman–Crippen MR) is 244 cm³/mol. The molecule has 8 aromatic carbocycles. The van der Waals surface area contributed by atoms with Crippen LogP contribution in [0, 0.1) is 0 Å². The summed E-state index contributed by atoms with van der Waals surface area (Å²) in [4.78, 5) is 25.2. The van der Waals surface area contributed by atoms with E-state index in [1.54, 1.807) is 0 Å². The number of benzene rings is 8. The van der Waals surface area contributed by atoms with Crippen LogP contribution < -0.4 is 0 Å². The second kappa shape index (κ2) is 14.7. The van der Waals surface area contributed by atoms with Gasteiger partial charge >= 0.3 is 0 Å². The van der Waals surface area contributed by atoms with Crippen molar-refractivity contribution < 1.29 is 0 Å². The molecule has 0 spiro atoms. The van der Waals surface area contributed by atoms with Gasteiger partial charge in [-0.2, -0.15) is 0 Å². The number of fused-ring (bicyclic) bond motifs is 5. The first-order chi connectivity index (χ1) is 29.2. The normalized spacial score (nSPS) is 11.4. The molecule has 0 bridgehead atoms. The van der Waals surface area contributed by atoms with Gasteiger partial charge in [0.2, 0.25) is 0 Å². The Kier molecular flexibility index (Phi) is 8.60. The number of rotatable bonds is 7. The van der Waals surface area contributed by atoms with Crippen LogP contribution in [0.4, 0.5) is 0 Å². The summed E-state index contributed by atoms with van der Waals surface area (Å²) in [6.45, 7) is 0. The molecular weight excluding hydrogens is 739 g/mol. The molecular formula is C53H33N5S. The molecule has 0 aliphatic carbocycles. The number of aromatic nitrogens is 5. The molecule has 0 unspecified atom stereocenters. The van der Waals surface area contributed by atoms with Gasteiger partial charge in [-0.05, 0) is 46.2 Å². The van der Waals surface area contributed by atoms with Crippen molar-refractivity contribution in [3.63, 3.8) is 0 Å². The third kappa shape index (κ3) is 6.61. The Hall–Kier alpha value is -7.67. The van der Waals surface area contributed by atoms with Crippen molar-refractivity contribution >= 4 is 42.3 Å². The summed E-state index contributed by atoms with van der Waals surface area (Å²) in [5.74, 6) is 2.57. The molecule has 6 heteroatoms. The van der Waals surface area contributed by atoms with E-state index < -0.39 is 0 Å². The van der Waals surface area contributed by atoms with Crippen LogP contribution in [0.5, 0.6) is 0 Å². The van der Waals surface area contributed by atoms with E-state index in [0.29, 0.717) is 23.3 Å². The third-order valence-electron chi connectivity index (χ3n) is 10.7. The quantitative estimate of drug-likeness (QED) is 0.161. The van der Waals surface area contributed by atoms with Crippen LogP contribution in [0.2, 0.25) is 0 Å². The lowest BCUT2D eigenvalue weighted by Crippen LogP contribution is -2.00. The molecule has 0 amide bonds. The maximum absolute atomic E-state index is 5.17. The molecule has 0 aliphatic rings. The fraction of sp³-hybridized carbons (Fsp3) is 0. The van der Waals surface area contributed by atoms with Gasteiger partial charge in [-0.25, -0.2) is 24.9 Å². The molecule has 0 atom stereocenters. The molecule has 5 nitrogen and oxygen atoms in total. The average Bonchev–Trinajstić information content (AvgIpc) is 3.71. The van der Waals surface area contributed by atoms with Gasteiger partial charge in [0.05, 0.1) is 11.4 Å². The fourth-order valence-electron chi connectivity index (χ4n) is 7.76. The number of hydrogen-bond donors (Lipinski definition) is 0. The van der Waals surface area contributed by atoms with Gasteiger partial charge < -0.3 is 0 Å². The Morgan fingerprint density at radius 1 is 0.271 bits per heavy atom. The summed E-state index contributed by atoms with van der Waals surface area (Å²) < 4.78 is 2.55. The second-order valence-electron chi connectivity index (χ2n) is 14.5. The Labute approximate surface area is 345 Å². The molecule has 0 fully saturated rings. The first-order valence-corrected chi connectivity index (χ1v) is 20.4. The van der Waals surface area contributed by atoms with Crippen LogP contribution in [-0.4, -0.2) is 24.9 Å². The van der Waals surface area contributed by atoms with Crippen molar-refractivity contribution in [3.8, 4) is 79.2 Å². The minimum Gasteiger partial charge on any atom is -0.228 e. The smallest absolute Gasteiger partial charge is 0.164 e. The van der Waals surface area contributed by atoms with E-state index >= 15 is 0 Å². The van der Waals surface area contributed by atoms with Gasteiger partial charge in [-0.1, -0.05) is 176 Å². The van der Waals surface area contributed by atoms with Gasteiger partial charge in [0.25, 0.3) is 0 Å². The average molecular weight is 772 g/mol. The molecule has 0 N–H and O–H groups in total. The van der Waals surface area contributed by atoms with Gasteiger partial charge in [-0.3, -0.25) is 0 Å². The first-order valence-electron chi connectivity index (χ1n) is 19.6. The molecule has 3 heterocycles. The Balaban J connectivity index is 1.00. The molecule has 59 heavy (non-hydrogen) atoms. The first kappa shape index (κ1) is 34.6. The highest BCUT2D eigenvalue weighted by atomic mass is 32.1. The summed E-state index contributed by atoms with van der Waals surface area (Å²) in [5, 5.41) is 5.09. The molecule has 0 radical (unpaired) electrons. The molecule has 0 saturated heterocycles. The topological polar surface area (TPSA) is 64.5 Å². The minimum absolute atomic E-state index is 0.618. The maximum Gasteiger partial charge on any atom is 0.164 e. The number of hydrogen-bond acceptors (Lipinski definition) is 6. The second-order valence-corrected chi connectivity index (χ2v) is 15.6. The highest BCUT2D eigenvalue weighted by Gasteiger charge is 2.16. The molecule has 0 saturated carbocycles. The van der Waals surface area contributed by atoms with Crippen molar-refractivity contribution in [2.75, 3.05) is 0 Å². The molecule has 11 aromatic rings. The lowest BCUT2D eigenvalue weighted by molar-refractivity contribution is 1.07. The van der Waals surface area contributed by atoms with E-state index in [1.165, 1.54) is 30.9 Å². The van der Waals surface area contributed by atoms with E-state index in [0.717, 1.165) is 55.9 Å². The summed E-state index contributed by atoms with van der Waals surface area (Å²) in [7, 11) is 0. The summed E-state index contributed by atoms with van der Waals surface area (Å²) >= 11 is 1.84. The Morgan fingerprint density at radius 3 is 1.36 bits per heavy atom. The van der Waals surface area contributed by atoms with Crippen LogP contribution in [0.25, 0.3) is 110 Å². The van der Waals surface area contributed by atoms with Gasteiger partial charge in [-0.15, -0.1) is 11.3 Å². The van der Waals surface area contributed by atoms with E-state index in [1.807, 2.05) is 90.2 Å². The van der Waals surface area contributed by atoms with Crippen molar-refractivity contribution in [1.29, 1.82) is 0 Å². The standard InChI is InChI=1S/C53H33N5S/c1-4-15-35(16-5-1)50-54-46(33-47(55-50)41-27-28-44-45-29-26-34-14-10-11-25-43(34)49(45)59-48(44)32-41)40-23-12-21-38(30-40)39-22-13-24-42(31-39)53-57-51(36-17-6-2-7-18-36)56-52(58-53)37-19-8-3-9-20-37/h1-33H. The van der Waals surface area contributed by atoms with Gasteiger partial charge in [0.15, 0.2) is 23.3 Å². The zero-order valence-corrected chi connectivity index (χ0v) is 32.5. The van der Waals surface area contributed by atoms with Crippen molar-refractivity contribution in [1.82, 2.24) is 24.9 Å². The highest BCUT2D eigenvalue weighted by molar-refractivity contribution is 7.26. The van der Waals surface area contributed by atoms with E-state index in [2.05, 4.69) is 121 Å². The summed E-state index contributed by atoms with van der Waals surface area (Å²) in [6.07, 6.45) is 0. The van der Waals surface area contributed by atoms with Crippen molar-refractivity contribution in [3.05, 3.63) is 200 Å². The lowest BCUT2D eigenvalue weighted by atomic mass is 9.99. The zero-order chi connectivity index (χ0) is 39.1. The van der Waals surface area contributed by atoms with Crippen LogP contribution in [0.3, 0.4) is 0 Å². The van der Waals surface area contributed by atoms with Crippen LogP contribution >= 0.6 is 11.3 Å². The highest BCUT2D eigenvalue weighted by Crippen LogP contribution is 2.40. The van der Waals surface area contributed by atoms with Crippen LogP contribution in [0.15, 0.2) is 200 Å². The fourth-order valence-corrected chi connectivity index (χ4v) is 9.03. The van der Waals surface area contributed by atoms with Crippen LogP contribution in [-0.2, 0) is 0 Å².